The maximum absolute atomic E-state index is 13.2. The molecule has 0 aliphatic heterocycles. The minimum absolute atomic E-state index is 0.0105. The highest BCUT2D eigenvalue weighted by atomic mass is 32.2. The summed E-state index contributed by atoms with van der Waals surface area (Å²) in [6, 6.07) is 15.7. The Kier molecular flexibility index (Phi) is 6.20. The molecule has 0 saturated heterocycles. The number of rotatable bonds is 7. The quantitative estimate of drug-likeness (QED) is 0.313. The van der Waals surface area contributed by atoms with Crippen molar-refractivity contribution in [1.82, 2.24) is 0 Å². The van der Waals surface area contributed by atoms with E-state index in [-0.39, 0.29) is 23.2 Å². The van der Waals surface area contributed by atoms with Crippen LogP contribution in [0.1, 0.15) is 4.88 Å². The highest BCUT2D eigenvalue weighted by Crippen LogP contribution is 2.25. The van der Waals surface area contributed by atoms with Crippen molar-refractivity contribution in [3.8, 4) is 0 Å². The van der Waals surface area contributed by atoms with Crippen LogP contribution in [-0.4, -0.2) is 16.6 Å². The van der Waals surface area contributed by atoms with E-state index in [0.29, 0.717) is 12.2 Å². The predicted molar refractivity (Wildman–Crippen MR) is 106 cm³/mol. The number of amides is 1. The summed E-state index contributed by atoms with van der Waals surface area (Å²) < 4.78 is 13.2. The summed E-state index contributed by atoms with van der Waals surface area (Å²) in [5.41, 5.74) is 0.635. The molecule has 0 atom stereocenters. The summed E-state index contributed by atoms with van der Waals surface area (Å²) in [6.07, 6.45) is 0. The molecular formula is C19H15FN2O3S2. The van der Waals surface area contributed by atoms with Gasteiger partial charge in [0.05, 0.1) is 17.2 Å². The van der Waals surface area contributed by atoms with Crippen molar-refractivity contribution in [2.75, 3.05) is 10.7 Å². The van der Waals surface area contributed by atoms with E-state index in [0.717, 1.165) is 9.77 Å². The number of anilines is 1. The Morgan fingerprint density at radius 3 is 2.41 bits per heavy atom. The molecule has 2 aromatic carbocycles. The number of hydrogen-bond acceptors (Lipinski definition) is 5. The highest BCUT2D eigenvalue weighted by Gasteiger charge is 2.17. The number of nitro groups is 1. The van der Waals surface area contributed by atoms with Crippen LogP contribution in [0.15, 0.2) is 70.9 Å². The van der Waals surface area contributed by atoms with Gasteiger partial charge in [-0.1, -0.05) is 6.07 Å². The van der Waals surface area contributed by atoms with Gasteiger partial charge >= 0.3 is 0 Å². The molecule has 0 fully saturated rings. The van der Waals surface area contributed by atoms with Crippen molar-refractivity contribution in [2.45, 2.75) is 11.4 Å². The monoisotopic (exact) mass is 402 g/mol. The molecule has 1 heterocycles. The number of carbonyl (C=O) groups excluding carboxylic acids is 1. The van der Waals surface area contributed by atoms with Crippen molar-refractivity contribution >= 4 is 40.4 Å². The lowest BCUT2D eigenvalue weighted by Crippen LogP contribution is -2.31. The van der Waals surface area contributed by atoms with Crippen LogP contribution in [0, 0.1) is 15.9 Å². The molecule has 8 heteroatoms. The van der Waals surface area contributed by atoms with E-state index in [1.807, 2.05) is 17.5 Å². The molecule has 0 aliphatic carbocycles. The minimum Gasteiger partial charge on any atom is -0.306 e. The molecule has 0 aliphatic rings. The normalized spacial score (nSPS) is 10.6. The fourth-order valence-corrected chi connectivity index (χ4v) is 3.86. The number of halogens is 1. The number of nitro benzene ring substituents is 1. The van der Waals surface area contributed by atoms with Crippen LogP contribution >= 0.6 is 23.1 Å². The third kappa shape index (κ3) is 5.15. The first-order valence-corrected chi connectivity index (χ1v) is 9.85. The lowest BCUT2D eigenvalue weighted by molar-refractivity contribution is -0.384. The lowest BCUT2D eigenvalue weighted by Gasteiger charge is -2.22. The molecule has 0 spiro atoms. The number of benzene rings is 2. The van der Waals surface area contributed by atoms with Gasteiger partial charge in [0.25, 0.3) is 5.69 Å². The van der Waals surface area contributed by atoms with E-state index in [4.69, 9.17) is 0 Å². The summed E-state index contributed by atoms with van der Waals surface area (Å²) in [7, 11) is 0. The molecule has 27 heavy (non-hydrogen) atoms. The van der Waals surface area contributed by atoms with Gasteiger partial charge in [0.2, 0.25) is 5.91 Å². The van der Waals surface area contributed by atoms with Gasteiger partial charge in [-0.05, 0) is 47.8 Å². The smallest absolute Gasteiger partial charge is 0.269 e. The van der Waals surface area contributed by atoms with Gasteiger partial charge in [0, 0.05) is 27.6 Å². The minimum atomic E-state index is -0.461. The average Bonchev–Trinajstić information content (AvgIpc) is 3.18. The van der Waals surface area contributed by atoms with Crippen molar-refractivity contribution in [3.63, 3.8) is 0 Å². The van der Waals surface area contributed by atoms with Crippen molar-refractivity contribution < 1.29 is 14.1 Å². The fourth-order valence-electron chi connectivity index (χ4n) is 2.39. The van der Waals surface area contributed by atoms with Gasteiger partial charge < -0.3 is 4.90 Å². The third-order valence-corrected chi connectivity index (χ3v) is 5.60. The van der Waals surface area contributed by atoms with Crippen LogP contribution < -0.4 is 4.90 Å². The molecule has 0 radical (unpaired) electrons. The Bertz CT molecular complexity index is 913. The Morgan fingerprint density at radius 1 is 1.11 bits per heavy atom. The predicted octanol–water partition coefficient (Wildman–Crippen LogP) is 5.12. The van der Waals surface area contributed by atoms with Gasteiger partial charge in [-0.3, -0.25) is 14.9 Å². The standard InChI is InChI=1S/C19H15FN2O3S2/c20-14-3-5-15(6-4-14)21(12-18-2-1-11-26-18)19(23)13-27-17-9-7-16(8-10-17)22(24)25/h1-11H,12-13H2. The van der Waals surface area contributed by atoms with Crippen LogP contribution in [0.4, 0.5) is 15.8 Å². The highest BCUT2D eigenvalue weighted by molar-refractivity contribution is 8.00. The maximum Gasteiger partial charge on any atom is 0.269 e. The van der Waals surface area contributed by atoms with Crippen molar-refractivity contribution in [3.05, 3.63) is 86.9 Å². The van der Waals surface area contributed by atoms with Crippen LogP contribution in [-0.2, 0) is 11.3 Å². The number of nitrogens with zero attached hydrogens (tertiary/aromatic N) is 2. The average molecular weight is 402 g/mol. The first-order valence-electron chi connectivity index (χ1n) is 7.98. The van der Waals surface area contributed by atoms with E-state index >= 15 is 0 Å². The SMILES string of the molecule is O=C(CSc1ccc([N+](=O)[O-])cc1)N(Cc1cccs1)c1ccc(F)cc1. The fraction of sp³-hybridized carbons (Fsp3) is 0.105. The second kappa shape index (κ2) is 8.79. The van der Waals surface area contributed by atoms with E-state index in [2.05, 4.69) is 0 Å². The van der Waals surface area contributed by atoms with Crippen LogP contribution in [0.25, 0.3) is 0 Å². The number of non-ortho nitro benzene ring substituents is 1. The number of thiophene rings is 1. The summed E-state index contributed by atoms with van der Waals surface area (Å²) in [5, 5.41) is 12.7. The lowest BCUT2D eigenvalue weighted by atomic mass is 10.2. The van der Waals surface area contributed by atoms with Gasteiger partial charge in [0.1, 0.15) is 5.82 Å². The van der Waals surface area contributed by atoms with E-state index in [9.17, 15) is 19.3 Å². The zero-order valence-electron chi connectivity index (χ0n) is 14.1. The summed E-state index contributed by atoms with van der Waals surface area (Å²) in [5.74, 6) is -0.318. The molecule has 5 nitrogen and oxygen atoms in total. The molecule has 138 valence electrons. The third-order valence-electron chi connectivity index (χ3n) is 3.74. The van der Waals surface area contributed by atoms with Gasteiger partial charge in [-0.15, -0.1) is 23.1 Å². The van der Waals surface area contributed by atoms with Crippen LogP contribution in [0.2, 0.25) is 0 Å². The molecular weight excluding hydrogens is 387 g/mol. The molecule has 0 N–H and O–H groups in total. The topological polar surface area (TPSA) is 63.4 Å². The maximum atomic E-state index is 13.2. The first-order chi connectivity index (χ1) is 13.0. The Hall–Kier alpha value is -2.71. The largest absolute Gasteiger partial charge is 0.306 e. The summed E-state index contributed by atoms with van der Waals surface area (Å²) >= 11 is 2.85. The molecule has 3 rings (SSSR count). The van der Waals surface area contributed by atoms with Gasteiger partial charge in [-0.2, -0.15) is 0 Å². The Balaban J connectivity index is 1.72. The number of hydrogen-bond donors (Lipinski definition) is 0. The summed E-state index contributed by atoms with van der Waals surface area (Å²) in [4.78, 5) is 26.5. The van der Waals surface area contributed by atoms with Gasteiger partial charge in [-0.25, -0.2) is 4.39 Å². The molecule has 0 saturated carbocycles. The molecule has 1 amide bonds. The molecule has 0 bridgehead atoms. The summed E-state index contributed by atoms with van der Waals surface area (Å²) in [6.45, 7) is 0.406. The Labute approximate surface area is 163 Å². The van der Waals surface area contributed by atoms with Crippen LogP contribution in [0.3, 0.4) is 0 Å². The van der Waals surface area contributed by atoms with Crippen molar-refractivity contribution in [2.24, 2.45) is 0 Å². The molecule has 0 unspecified atom stereocenters. The Morgan fingerprint density at radius 2 is 1.81 bits per heavy atom. The first kappa shape index (κ1) is 19.1. The molecule has 1 aromatic heterocycles. The molecule has 3 aromatic rings. The second-order valence-electron chi connectivity index (χ2n) is 5.58. The van der Waals surface area contributed by atoms with Crippen molar-refractivity contribution in [1.29, 1.82) is 0 Å². The van der Waals surface area contributed by atoms with E-state index < -0.39 is 4.92 Å². The van der Waals surface area contributed by atoms with E-state index in [1.165, 1.54) is 36.0 Å². The van der Waals surface area contributed by atoms with Gasteiger partial charge in [0.15, 0.2) is 0 Å². The van der Waals surface area contributed by atoms with Crippen LogP contribution in [0.5, 0.6) is 0 Å². The van der Waals surface area contributed by atoms with E-state index in [1.54, 1.807) is 40.5 Å². The zero-order valence-corrected chi connectivity index (χ0v) is 15.7. The number of carbonyl (C=O) groups is 1. The zero-order chi connectivity index (χ0) is 19.2. The number of thioether (sulfide) groups is 1. The second-order valence-corrected chi connectivity index (χ2v) is 7.66.